The van der Waals surface area contributed by atoms with E-state index in [1.807, 2.05) is 29.3 Å². The summed E-state index contributed by atoms with van der Waals surface area (Å²) in [6, 6.07) is 4.03. The third-order valence-electron chi connectivity index (χ3n) is 2.36. The molecule has 2 heterocycles. The molecule has 3 heteroatoms. The third kappa shape index (κ3) is 2.06. The molecule has 0 atom stereocenters. The standard InChI is InChI=1S/C12H15N3/c1-12(2,3)10-7-11(9-13-8-10)15-6-4-5-14-15/h4-9H,1-3H3. The second kappa shape index (κ2) is 3.50. The van der Waals surface area contributed by atoms with Crippen molar-refractivity contribution in [3.05, 3.63) is 42.5 Å². The Morgan fingerprint density at radius 2 is 2.00 bits per heavy atom. The predicted molar refractivity (Wildman–Crippen MR) is 60.1 cm³/mol. The van der Waals surface area contributed by atoms with E-state index in [1.165, 1.54) is 5.56 Å². The molecule has 0 aliphatic carbocycles. The summed E-state index contributed by atoms with van der Waals surface area (Å²) >= 11 is 0. The molecule has 2 aromatic heterocycles. The zero-order valence-corrected chi connectivity index (χ0v) is 9.31. The maximum Gasteiger partial charge on any atom is 0.0831 e. The Labute approximate surface area is 89.8 Å². The van der Waals surface area contributed by atoms with Crippen molar-refractivity contribution in [3.63, 3.8) is 0 Å². The smallest absolute Gasteiger partial charge is 0.0831 e. The van der Waals surface area contributed by atoms with Crippen molar-refractivity contribution in [1.29, 1.82) is 0 Å². The number of aromatic nitrogens is 3. The molecule has 0 unspecified atom stereocenters. The molecule has 0 bridgehead atoms. The fourth-order valence-corrected chi connectivity index (χ4v) is 1.38. The largest absolute Gasteiger partial charge is 0.262 e. The van der Waals surface area contributed by atoms with Gasteiger partial charge in [-0.1, -0.05) is 20.8 Å². The van der Waals surface area contributed by atoms with Gasteiger partial charge < -0.3 is 0 Å². The summed E-state index contributed by atoms with van der Waals surface area (Å²) < 4.78 is 1.82. The molecule has 0 spiro atoms. The molecule has 0 aliphatic heterocycles. The highest BCUT2D eigenvalue weighted by molar-refractivity contribution is 5.34. The molecule has 3 nitrogen and oxygen atoms in total. The average Bonchev–Trinajstić information content (AvgIpc) is 2.69. The lowest BCUT2D eigenvalue weighted by Crippen LogP contribution is -2.12. The van der Waals surface area contributed by atoms with Crippen LogP contribution in [0.1, 0.15) is 26.3 Å². The molecule has 0 fully saturated rings. The highest BCUT2D eigenvalue weighted by atomic mass is 15.3. The average molecular weight is 201 g/mol. The number of hydrogen-bond donors (Lipinski definition) is 0. The molecule has 0 amide bonds. The van der Waals surface area contributed by atoms with Crippen molar-refractivity contribution in [1.82, 2.24) is 14.8 Å². The Kier molecular flexibility index (Phi) is 2.31. The lowest BCUT2D eigenvalue weighted by molar-refractivity contribution is 0.586. The summed E-state index contributed by atoms with van der Waals surface area (Å²) in [5.41, 5.74) is 2.35. The highest BCUT2D eigenvalue weighted by Gasteiger charge is 2.14. The van der Waals surface area contributed by atoms with Gasteiger partial charge in [0.2, 0.25) is 0 Å². The van der Waals surface area contributed by atoms with Crippen LogP contribution in [0, 0.1) is 0 Å². The lowest BCUT2D eigenvalue weighted by atomic mass is 9.88. The van der Waals surface area contributed by atoms with Gasteiger partial charge in [0.25, 0.3) is 0 Å². The molecule has 0 saturated heterocycles. The Morgan fingerprint density at radius 1 is 1.20 bits per heavy atom. The van der Waals surface area contributed by atoms with E-state index in [9.17, 15) is 0 Å². The van der Waals surface area contributed by atoms with E-state index < -0.39 is 0 Å². The van der Waals surface area contributed by atoms with Gasteiger partial charge in [-0.2, -0.15) is 5.10 Å². The first-order chi connectivity index (χ1) is 7.07. The van der Waals surface area contributed by atoms with Gasteiger partial charge in [0.15, 0.2) is 0 Å². The summed E-state index contributed by atoms with van der Waals surface area (Å²) in [5, 5.41) is 4.19. The molecule has 15 heavy (non-hydrogen) atoms. The third-order valence-corrected chi connectivity index (χ3v) is 2.36. The van der Waals surface area contributed by atoms with Crippen molar-refractivity contribution < 1.29 is 0 Å². The maximum absolute atomic E-state index is 4.25. The molecule has 2 aromatic rings. The van der Waals surface area contributed by atoms with Crippen molar-refractivity contribution in [2.75, 3.05) is 0 Å². The molecule has 0 N–H and O–H groups in total. The minimum Gasteiger partial charge on any atom is -0.262 e. The Balaban J connectivity index is 2.44. The first-order valence-electron chi connectivity index (χ1n) is 5.03. The number of pyridine rings is 1. The van der Waals surface area contributed by atoms with Gasteiger partial charge in [-0.05, 0) is 23.1 Å². The quantitative estimate of drug-likeness (QED) is 0.710. The summed E-state index contributed by atoms with van der Waals surface area (Å²) in [7, 11) is 0. The normalized spacial score (nSPS) is 11.7. The van der Waals surface area contributed by atoms with Crippen molar-refractivity contribution >= 4 is 0 Å². The predicted octanol–water partition coefficient (Wildman–Crippen LogP) is 2.56. The van der Waals surface area contributed by atoms with Crippen LogP contribution in [-0.2, 0) is 5.41 Å². The van der Waals surface area contributed by atoms with E-state index in [4.69, 9.17) is 0 Å². The van der Waals surface area contributed by atoms with Crippen LogP contribution in [0.3, 0.4) is 0 Å². The monoisotopic (exact) mass is 201 g/mol. The second-order valence-electron chi connectivity index (χ2n) is 4.63. The van der Waals surface area contributed by atoms with Crippen molar-refractivity contribution in [2.45, 2.75) is 26.2 Å². The minimum atomic E-state index is 0.121. The summed E-state index contributed by atoms with van der Waals surface area (Å²) in [5.74, 6) is 0. The van der Waals surface area contributed by atoms with E-state index >= 15 is 0 Å². The molecule has 0 aliphatic rings. The van der Waals surface area contributed by atoms with Crippen molar-refractivity contribution in [2.24, 2.45) is 0 Å². The SMILES string of the molecule is CC(C)(C)c1cncc(-n2cccn2)c1. The molecule has 0 radical (unpaired) electrons. The van der Waals surface area contributed by atoms with Crippen LogP contribution in [-0.4, -0.2) is 14.8 Å². The van der Waals surface area contributed by atoms with Crippen LogP contribution in [0.25, 0.3) is 5.69 Å². The lowest BCUT2D eigenvalue weighted by Gasteiger charge is -2.18. The van der Waals surface area contributed by atoms with E-state index in [0.29, 0.717) is 0 Å². The first kappa shape index (κ1) is 9.90. The van der Waals surface area contributed by atoms with Crippen LogP contribution < -0.4 is 0 Å². The van der Waals surface area contributed by atoms with Crippen LogP contribution >= 0.6 is 0 Å². The van der Waals surface area contributed by atoms with Crippen LogP contribution in [0.2, 0.25) is 0 Å². The molecular formula is C12H15N3. The maximum atomic E-state index is 4.25. The van der Waals surface area contributed by atoms with Gasteiger partial charge in [-0.15, -0.1) is 0 Å². The van der Waals surface area contributed by atoms with Gasteiger partial charge in [-0.25, -0.2) is 4.68 Å². The fourth-order valence-electron chi connectivity index (χ4n) is 1.38. The first-order valence-corrected chi connectivity index (χ1v) is 5.03. The number of nitrogens with zero attached hydrogens (tertiary/aromatic N) is 3. The number of rotatable bonds is 1. The Hall–Kier alpha value is -1.64. The summed E-state index contributed by atoms with van der Waals surface area (Å²) in [6.07, 6.45) is 7.42. The Bertz CT molecular complexity index is 438. The van der Waals surface area contributed by atoms with Gasteiger partial charge in [0.05, 0.1) is 11.9 Å². The highest BCUT2D eigenvalue weighted by Crippen LogP contribution is 2.22. The molecule has 0 aromatic carbocycles. The van der Waals surface area contributed by atoms with Crippen LogP contribution in [0.15, 0.2) is 36.9 Å². The van der Waals surface area contributed by atoms with E-state index in [-0.39, 0.29) is 5.41 Å². The second-order valence-corrected chi connectivity index (χ2v) is 4.63. The minimum absolute atomic E-state index is 0.121. The van der Waals surface area contributed by atoms with E-state index in [2.05, 4.69) is 36.9 Å². The van der Waals surface area contributed by atoms with Gasteiger partial charge >= 0.3 is 0 Å². The van der Waals surface area contributed by atoms with Gasteiger partial charge in [-0.3, -0.25) is 4.98 Å². The number of hydrogen-bond acceptors (Lipinski definition) is 2. The molecule has 0 saturated carbocycles. The van der Waals surface area contributed by atoms with Crippen molar-refractivity contribution in [3.8, 4) is 5.69 Å². The zero-order chi connectivity index (χ0) is 10.9. The topological polar surface area (TPSA) is 30.7 Å². The van der Waals surface area contributed by atoms with E-state index in [1.54, 1.807) is 6.20 Å². The molecule has 78 valence electrons. The fraction of sp³-hybridized carbons (Fsp3) is 0.333. The van der Waals surface area contributed by atoms with E-state index in [0.717, 1.165) is 5.69 Å². The van der Waals surface area contributed by atoms with Crippen LogP contribution in [0.4, 0.5) is 0 Å². The molecule has 2 rings (SSSR count). The van der Waals surface area contributed by atoms with Gasteiger partial charge in [0.1, 0.15) is 0 Å². The van der Waals surface area contributed by atoms with Crippen LogP contribution in [0.5, 0.6) is 0 Å². The Morgan fingerprint density at radius 3 is 2.60 bits per heavy atom. The van der Waals surface area contributed by atoms with Gasteiger partial charge in [0, 0.05) is 18.6 Å². The summed E-state index contributed by atoms with van der Waals surface area (Å²) in [6.45, 7) is 6.53. The zero-order valence-electron chi connectivity index (χ0n) is 9.31. The molecular weight excluding hydrogens is 186 g/mol. The summed E-state index contributed by atoms with van der Waals surface area (Å²) in [4.78, 5) is 4.25.